The van der Waals surface area contributed by atoms with Crippen LogP contribution in [0.3, 0.4) is 0 Å². The first kappa shape index (κ1) is 11.7. The lowest BCUT2D eigenvalue weighted by Crippen LogP contribution is -2.09. The molecule has 0 bridgehead atoms. The average molecular weight is 206 g/mol. The van der Waals surface area contributed by atoms with Crippen molar-refractivity contribution < 1.29 is 0 Å². The molecule has 1 heterocycles. The molecule has 1 rings (SSSR count). The second kappa shape index (κ2) is 4.94. The molecule has 0 radical (unpaired) electrons. The molecule has 0 unspecified atom stereocenters. The van der Waals surface area contributed by atoms with Gasteiger partial charge in [-0.25, -0.2) is 0 Å². The molecule has 2 N–H and O–H groups in total. The maximum atomic E-state index is 8.84. The SMILES string of the molecule is CC(C)(C#N)CCCn1cc(CN)cn1. The Bertz CT molecular complexity index is 346. The monoisotopic (exact) mass is 206 g/mol. The van der Waals surface area contributed by atoms with Gasteiger partial charge in [0, 0.05) is 24.8 Å². The smallest absolute Gasteiger partial charge is 0.0683 e. The van der Waals surface area contributed by atoms with Crippen molar-refractivity contribution >= 4 is 0 Å². The largest absolute Gasteiger partial charge is 0.326 e. The van der Waals surface area contributed by atoms with Gasteiger partial charge >= 0.3 is 0 Å². The Morgan fingerprint density at radius 3 is 2.87 bits per heavy atom. The summed E-state index contributed by atoms with van der Waals surface area (Å²) in [5, 5.41) is 13.0. The maximum Gasteiger partial charge on any atom is 0.0683 e. The summed E-state index contributed by atoms with van der Waals surface area (Å²) in [5.41, 5.74) is 6.30. The third-order valence-corrected chi connectivity index (χ3v) is 2.41. The molecule has 1 aromatic rings. The summed E-state index contributed by atoms with van der Waals surface area (Å²) in [6.07, 6.45) is 5.60. The summed E-state index contributed by atoms with van der Waals surface area (Å²) in [7, 11) is 0. The number of aromatic nitrogens is 2. The van der Waals surface area contributed by atoms with Crippen LogP contribution >= 0.6 is 0 Å². The molecule has 0 atom stereocenters. The minimum absolute atomic E-state index is 0.232. The minimum Gasteiger partial charge on any atom is -0.326 e. The Hall–Kier alpha value is -1.34. The first-order valence-electron chi connectivity index (χ1n) is 5.20. The lowest BCUT2D eigenvalue weighted by Gasteiger charge is -2.14. The summed E-state index contributed by atoms with van der Waals surface area (Å²) >= 11 is 0. The van der Waals surface area contributed by atoms with Crippen LogP contribution in [0.5, 0.6) is 0 Å². The normalized spacial score (nSPS) is 11.3. The Morgan fingerprint density at radius 2 is 2.33 bits per heavy atom. The molecule has 0 saturated carbocycles. The van der Waals surface area contributed by atoms with E-state index in [2.05, 4.69) is 11.2 Å². The van der Waals surface area contributed by atoms with E-state index in [-0.39, 0.29) is 5.41 Å². The van der Waals surface area contributed by atoms with Crippen LogP contribution < -0.4 is 5.73 Å². The lowest BCUT2D eigenvalue weighted by atomic mass is 9.90. The van der Waals surface area contributed by atoms with Gasteiger partial charge in [-0.15, -0.1) is 0 Å². The van der Waals surface area contributed by atoms with Gasteiger partial charge in [-0.05, 0) is 26.7 Å². The average Bonchev–Trinajstić information content (AvgIpc) is 2.66. The zero-order chi connectivity index (χ0) is 11.3. The van der Waals surface area contributed by atoms with Crippen molar-refractivity contribution in [1.82, 2.24) is 9.78 Å². The van der Waals surface area contributed by atoms with Crippen molar-refractivity contribution in [3.05, 3.63) is 18.0 Å². The predicted molar refractivity (Wildman–Crippen MR) is 58.7 cm³/mol. The van der Waals surface area contributed by atoms with Gasteiger partial charge in [-0.2, -0.15) is 10.4 Å². The molecule has 4 heteroatoms. The number of rotatable bonds is 5. The minimum atomic E-state index is -0.232. The van der Waals surface area contributed by atoms with Crippen molar-refractivity contribution in [2.24, 2.45) is 11.1 Å². The van der Waals surface area contributed by atoms with E-state index >= 15 is 0 Å². The van der Waals surface area contributed by atoms with Crippen LogP contribution in [0.2, 0.25) is 0 Å². The van der Waals surface area contributed by atoms with E-state index in [1.54, 1.807) is 6.20 Å². The van der Waals surface area contributed by atoms with E-state index in [1.165, 1.54) is 0 Å². The van der Waals surface area contributed by atoms with E-state index in [0.717, 1.165) is 24.9 Å². The van der Waals surface area contributed by atoms with Crippen LogP contribution in [-0.4, -0.2) is 9.78 Å². The fraction of sp³-hybridized carbons (Fsp3) is 0.636. The quantitative estimate of drug-likeness (QED) is 0.796. The lowest BCUT2D eigenvalue weighted by molar-refractivity contribution is 0.407. The van der Waals surface area contributed by atoms with Gasteiger partial charge in [0.2, 0.25) is 0 Å². The highest BCUT2D eigenvalue weighted by molar-refractivity contribution is 5.02. The van der Waals surface area contributed by atoms with Gasteiger partial charge in [0.15, 0.2) is 0 Å². The molecule has 1 aromatic heterocycles. The van der Waals surface area contributed by atoms with E-state index in [1.807, 2.05) is 24.7 Å². The molecule has 0 spiro atoms. The van der Waals surface area contributed by atoms with Crippen LogP contribution in [0.15, 0.2) is 12.4 Å². The standard InChI is InChI=1S/C11H18N4/c1-11(2,9-13)4-3-5-15-8-10(6-12)7-14-15/h7-8H,3-6,12H2,1-2H3. The third kappa shape index (κ3) is 3.72. The first-order chi connectivity index (χ1) is 7.07. The highest BCUT2D eigenvalue weighted by Gasteiger charge is 2.15. The molecule has 0 aliphatic carbocycles. The zero-order valence-corrected chi connectivity index (χ0v) is 9.40. The Balaban J connectivity index is 2.35. The summed E-state index contributed by atoms with van der Waals surface area (Å²) in [6, 6.07) is 2.29. The van der Waals surface area contributed by atoms with Crippen LogP contribution in [0.4, 0.5) is 0 Å². The molecular formula is C11H18N4. The van der Waals surface area contributed by atoms with Crippen LogP contribution in [0.25, 0.3) is 0 Å². The fourth-order valence-corrected chi connectivity index (χ4v) is 1.37. The topological polar surface area (TPSA) is 67.6 Å². The van der Waals surface area contributed by atoms with Gasteiger partial charge in [-0.1, -0.05) is 0 Å². The van der Waals surface area contributed by atoms with Crippen molar-refractivity contribution in [3.63, 3.8) is 0 Å². The second-order valence-electron chi connectivity index (χ2n) is 4.42. The van der Waals surface area contributed by atoms with Crippen molar-refractivity contribution in [3.8, 4) is 6.07 Å². The van der Waals surface area contributed by atoms with E-state index in [0.29, 0.717) is 6.54 Å². The van der Waals surface area contributed by atoms with Gasteiger partial charge in [0.1, 0.15) is 0 Å². The van der Waals surface area contributed by atoms with Gasteiger partial charge in [0.05, 0.1) is 17.7 Å². The first-order valence-corrected chi connectivity index (χ1v) is 5.20. The number of nitrogens with two attached hydrogens (primary N) is 1. The molecule has 4 nitrogen and oxygen atoms in total. The predicted octanol–water partition coefficient (Wildman–Crippen LogP) is 1.67. The third-order valence-electron chi connectivity index (χ3n) is 2.41. The summed E-state index contributed by atoms with van der Waals surface area (Å²) < 4.78 is 1.88. The van der Waals surface area contributed by atoms with Crippen LogP contribution in [0, 0.1) is 16.7 Å². The zero-order valence-electron chi connectivity index (χ0n) is 9.40. The van der Waals surface area contributed by atoms with Crippen molar-refractivity contribution in [2.75, 3.05) is 0 Å². The van der Waals surface area contributed by atoms with Gasteiger partial charge < -0.3 is 5.73 Å². The maximum absolute atomic E-state index is 8.84. The fourth-order valence-electron chi connectivity index (χ4n) is 1.37. The van der Waals surface area contributed by atoms with E-state index in [4.69, 9.17) is 11.0 Å². The molecule has 0 aliphatic rings. The number of hydrogen-bond acceptors (Lipinski definition) is 3. The Labute approximate surface area is 90.7 Å². The van der Waals surface area contributed by atoms with E-state index in [9.17, 15) is 0 Å². The summed E-state index contributed by atoms with van der Waals surface area (Å²) in [6.45, 7) is 5.30. The molecule has 0 aromatic carbocycles. The van der Waals surface area contributed by atoms with Crippen molar-refractivity contribution in [2.45, 2.75) is 39.8 Å². The molecular weight excluding hydrogens is 188 g/mol. The molecule has 0 saturated heterocycles. The van der Waals surface area contributed by atoms with Gasteiger partial charge in [-0.3, -0.25) is 4.68 Å². The van der Waals surface area contributed by atoms with Crippen molar-refractivity contribution in [1.29, 1.82) is 5.26 Å². The highest BCUT2D eigenvalue weighted by Crippen LogP contribution is 2.20. The number of nitrogens with zero attached hydrogens (tertiary/aromatic N) is 3. The molecule has 0 fully saturated rings. The Morgan fingerprint density at radius 1 is 1.60 bits per heavy atom. The molecule has 0 aliphatic heterocycles. The summed E-state index contributed by atoms with van der Waals surface area (Å²) in [4.78, 5) is 0. The summed E-state index contributed by atoms with van der Waals surface area (Å²) in [5.74, 6) is 0. The van der Waals surface area contributed by atoms with Crippen LogP contribution in [-0.2, 0) is 13.1 Å². The van der Waals surface area contributed by atoms with E-state index < -0.39 is 0 Å². The molecule has 15 heavy (non-hydrogen) atoms. The Kier molecular flexibility index (Phi) is 3.87. The highest BCUT2D eigenvalue weighted by atomic mass is 15.3. The van der Waals surface area contributed by atoms with Crippen LogP contribution in [0.1, 0.15) is 32.3 Å². The number of nitriles is 1. The molecule has 82 valence electrons. The second-order valence-corrected chi connectivity index (χ2v) is 4.42. The molecule has 0 amide bonds. The van der Waals surface area contributed by atoms with Gasteiger partial charge in [0.25, 0.3) is 0 Å². The number of hydrogen-bond donors (Lipinski definition) is 1. The number of aryl methyl sites for hydroxylation is 1.